The molecule has 0 N–H and O–H groups in total. The van der Waals surface area contributed by atoms with E-state index >= 15 is 0 Å². The molecule has 0 amide bonds. The van der Waals surface area contributed by atoms with E-state index in [-0.39, 0.29) is 6.79 Å². The third-order valence-corrected chi connectivity index (χ3v) is 2.49. The Labute approximate surface area is 117 Å². The molecule has 0 bridgehead atoms. The molecule has 1 aliphatic rings. The summed E-state index contributed by atoms with van der Waals surface area (Å²) in [5, 5.41) is 0. The van der Waals surface area contributed by atoms with E-state index in [0.29, 0.717) is 17.1 Å². The number of hydrogen-bond donors (Lipinski definition) is 0. The van der Waals surface area contributed by atoms with Gasteiger partial charge in [-0.15, -0.1) is 0 Å². The highest BCUT2D eigenvalue weighted by molar-refractivity contribution is 5.44. The molecule has 0 aromatic heterocycles. The van der Waals surface area contributed by atoms with E-state index in [1.807, 2.05) is 0 Å². The van der Waals surface area contributed by atoms with Gasteiger partial charge in [-0.1, -0.05) is 6.07 Å². The average molecular weight is 312 g/mol. The minimum atomic E-state index is -4.90. The highest BCUT2D eigenvalue weighted by Gasteiger charge is 2.61. The monoisotopic (exact) mass is 312 g/mol. The molecule has 0 radical (unpaired) electrons. The molecular formula is C12H12F4O5. The van der Waals surface area contributed by atoms with E-state index in [1.165, 1.54) is 18.2 Å². The summed E-state index contributed by atoms with van der Waals surface area (Å²) in [6, 6.07) is 4.49. The molecule has 118 valence electrons. The van der Waals surface area contributed by atoms with Crippen LogP contribution in [0.4, 0.5) is 17.6 Å². The third kappa shape index (κ3) is 3.55. The Morgan fingerprint density at radius 1 is 1.10 bits per heavy atom. The van der Waals surface area contributed by atoms with Crippen LogP contribution < -0.4 is 9.47 Å². The van der Waals surface area contributed by atoms with Gasteiger partial charge >= 0.3 is 12.2 Å². The number of halogens is 4. The largest absolute Gasteiger partial charge is 0.474 e. The fourth-order valence-electron chi connectivity index (χ4n) is 1.52. The molecule has 0 aliphatic carbocycles. The van der Waals surface area contributed by atoms with Crippen molar-refractivity contribution >= 4 is 0 Å². The lowest BCUT2D eigenvalue weighted by Gasteiger charge is -2.23. The van der Waals surface area contributed by atoms with Crippen molar-refractivity contribution in [3.63, 3.8) is 0 Å². The van der Waals surface area contributed by atoms with Gasteiger partial charge in [-0.25, -0.2) is 4.89 Å². The lowest BCUT2D eigenvalue weighted by Crippen LogP contribution is -2.45. The van der Waals surface area contributed by atoms with Gasteiger partial charge in [-0.2, -0.15) is 22.4 Å². The summed E-state index contributed by atoms with van der Waals surface area (Å²) in [4.78, 5) is 7.66. The Hall–Kier alpha value is -1.58. The first-order valence-corrected chi connectivity index (χ1v) is 5.94. The van der Waals surface area contributed by atoms with E-state index in [4.69, 9.17) is 9.47 Å². The summed E-state index contributed by atoms with van der Waals surface area (Å²) in [7, 11) is 0. The van der Waals surface area contributed by atoms with Gasteiger partial charge in [0.1, 0.15) is 6.61 Å². The summed E-state index contributed by atoms with van der Waals surface area (Å²) in [6.07, 6.45) is -9.68. The zero-order chi connectivity index (χ0) is 15.5. The number of hydrogen-bond acceptors (Lipinski definition) is 5. The van der Waals surface area contributed by atoms with Crippen LogP contribution in [0.25, 0.3) is 0 Å². The minimum Gasteiger partial charge on any atom is -0.454 e. The first-order valence-electron chi connectivity index (χ1n) is 5.94. The maximum Gasteiger partial charge on any atom is 0.474 e. The second-order valence-corrected chi connectivity index (χ2v) is 4.00. The molecule has 1 heterocycles. The Kier molecular flexibility index (Phi) is 4.55. The van der Waals surface area contributed by atoms with Crippen LogP contribution in [0.3, 0.4) is 0 Å². The first kappa shape index (κ1) is 15.8. The van der Waals surface area contributed by atoms with Gasteiger partial charge in [0, 0.05) is 0 Å². The normalized spacial score (nSPS) is 14.5. The van der Waals surface area contributed by atoms with Crippen molar-refractivity contribution in [2.24, 2.45) is 0 Å². The Morgan fingerprint density at radius 2 is 1.81 bits per heavy atom. The van der Waals surface area contributed by atoms with Gasteiger partial charge in [-0.05, 0) is 24.6 Å². The van der Waals surface area contributed by atoms with Crippen molar-refractivity contribution in [1.29, 1.82) is 0 Å². The predicted octanol–water partition coefficient (Wildman–Crippen LogP) is 3.09. The second kappa shape index (κ2) is 6.04. The minimum absolute atomic E-state index is 0.0504. The molecule has 0 atom stereocenters. The van der Waals surface area contributed by atoms with Gasteiger partial charge in [0.15, 0.2) is 11.5 Å². The molecule has 0 spiro atoms. The summed E-state index contributed by atoms with van der Waals surface area (Å²) < 4.78 is 65.6. The number of alkyl halides is 4. The van der Waals surface area contributed by atoms with Gasteiger partial charge in [0.2, 0.25) is 6.79 Å². The molecule has 5 nitrogen and oxygen atoms in total. The van der Waals surface area contributed by atoms with Crippen LogP contribution in [0.2, 0.25) is 0 Å². The van der Waals surface area contributed by atoms with Crippen LogP contribution in [-0.2, 0) is 21.1 Å². The van der Waals surface area contributed by atoms with Gasteiger partial charge < -0.3 is 14.2 Å². The van der Waals surface area contributed by atoms with Gasteiger partial charge in [-0.3, -0.25) is 0 Å². The van der Waals surface area contributed by atoms with Crippen molar-refractivity contribution in [3.8, 4) is 11.5 Å². The molecule has 0 saturated carbocycles. The molecule has 2 rings (SSSR count). The highest BCUT2D eigenvalue weighted by Crippen LogP contribution is 2.37. The fourth-order valence-corrected chi connectivity index (χ4v) is 1.52. The predicted molar refractivity (Wildman–Crippen MR) is 60.0 cm³/mol. The first-order chi connectivity index (χ1) is 9.86. The van der Waals surface area contributed by atoms with E-state index < -0.39 is 25.4 Å². The average Bonchev–Trinajstić information content (AvgIpc) is 2.85. The summed E-state index contributed by atoms with van der Waals surface area (Å²) in [6.45, 7) is 0.120. The lowest BCUT2D eigenvalue weighted by atomic mass is 10.2. The maximum atomic E-state index is 13.0. The summed E-state index contributed by atoms with van der Waals surface area (Å²) >= 11 is 0. The third-order valence-electron chi connectivity index (χ3n) is 2.49. The quantitative estimate of drug-likeness (QED) is 0.440. The lowest BCUT2D eigenvalue weighted by molar-refractivity contribution is -0.526. The van der Waals surface area contributed by atoms with Crippen LogP contribution in [0, 0.1) is 0 Å². The fraction of sp³-hybridized carbons (Fsp3) is 0.500. The van der Waals surface area contributed by atoms with Crippen molar-refractivity contribution in [2.45, 2.75) is 25.7 Å². The van der Waals surface area contributed by atoms with Crippen LogP contribution in [-0.4, -0.2) is 25.6 Å². The number of ether oxygens (including phenoxy) is 3. The van der Waals surface area contributed by atoms with Crippen molar-refractivity contribution in [3.05, 3.63) is 23.8 Å². The highest BCUT2D eigenvalue weighted by atomic mass is 19.3. The topological polar surface area (TPSA) is 46.2 Å². The van der Waals surface area contributed by atoms with Crippen molar-refractivity contribution < 1.29 is 41.5 Å². The molecule has 1 aromatic rings. The molecule has 21 heavy (non-hydrogen) atoms. The van der Waals surface area contributed by atoms with Crippen molar-refractivity contribution in [2.75, 3.05) is 13.4 Å². The van der Waals surface area contributed by atoms with Crippen LogP contribution in [0.5, 0.6) is 11.5 Å². The van der Waals surface area contributed by atoms with Crippen LogP contribution >= 0.6 is 0 Å². The number of fused-ring (bicyclic) bond motifs is 1. The second-order valence-electron chi connectivity index (χ2n) is 4.00. The van der Waals surface area contributed by atoms with E-state index in [9.17, 15) is 17.6 Å². The maximum absolute atomic E-state index is 13.0. The molecule has 1 aromatic carbocycles. The van der Waals surface area contributed by atoms with E-state index in [2.05, 4.69) is 14.5 Å². The Bertz CT molecular complexity index is 495. The zero-order valence-electron chi connectivity index (χ0n) is 10.9. The number of rotatable bonds is 7. The Morgan fingerprint density at radius 3 is 2.52 bits per heavy atom. The van der Waals surface area contributed by atoms with Crippen LogP contribution in [0.15, 0.2) is 18.2 Å². The molecule has 0 fully saturated rings. The Balaban J connectivity index is 1.89. The SMILES string of the molecule is CCOC(F)(F)C(F)(F)OOCc1ccc2c(c1)OCO2. The number of benzene rings is 1. The van der Waals surface area contributed by atoms with Gasteiger partial charge in [0.25, 0.3) is 0 Å². The zero-order valence-corrected chi connectivity index (χ0v) is 10.9. The smallest absolute Gasteiger partial charge is 0.454 e. The van der Waals surface area contributed by atoms with E-state index in [0.717, 1.165) is 6.92 Å². The molecular weight excluding hydrogens is 300 g/mol. The van der Waals surface area contributed by atoms with Gasteiger partial charge in [0.05, 0.1) is 6.61 Å². The molecule has 1 aliphatic heterocycles. The standard InChI is InChI=1S/C12H12F4O5/c1-2-19-11(13,14)12(15,16)21-20-6-8-3-4-9-10(5-8)18-7-17-9/h3-5H,2,6-7H2,1H3. The molecule has 9 heteroatoms. The molecule has 0 unspecified atom stereocenters. The molecule has 0 saturated heterocycles. The van der Waals surface area contributed by atoms with E-state index in [1.54, 1.807) is 0 Å². The summed E-state index contributed by atoms with van der Waals surface area (Å²) in [5.74, 6) is 0.899. The summed E-state index contributed by atoms with van der Waals surface area (Å²) in [5.41, 5.74) is 0.384. The van der Waals surface area contributed by atoms with Crippen LogP contribution in [0.1, 0.15) is 12.5 Å². The van der Waals surface area contributed by atoms with Crippen molar-refractivity contribution in [1.82, 2.24) is 0 Å².